The summed E-state index contributed by atoms with van der Waals surface area (Å²) >= 11 is 1.53. The average molecular weight is 370 g/mol. The lowest BCUT2D eigenvalue weighted by atomic mass is 10.2. The van der Waals surface area contributed by atoms with Crippen molar-refractivity contribution in [3.63, 3.8) is 0 Å². The molecule has 134 valence electrons. The Balaban J connectivity index is 1.64. The van der Waals surface area contributed by atoms with Gasteiger partial charge in [0, 0.05) is 11.8 Å². The highest BCUT2D eigenvalue weighted by Gasteiger charge is 2.13. The Morgan fingerprint density at radius 1 is 1.15 bits per heavy atom. The van der Waals surface area contributed by atoms with E-state index < -0.39 is 4.92 Å². The molecule has 0 aliphatic carbocycles. The number of hydrogen-bond donors (Lipinski definition) is 0. The van der Waals surface area contributed by atoms with Gasteiger partial charge in [-0.05, 0) is 31.5 Å². The van der Waals surface area contributed by atoms with Gasteiger partial charge in [-0.15, -0.1) is 10.2 Å². The molecule has 0 atom stereocenters. The Bertz CT molecular complexity index is 926. The number of ether oxygens (including phenoxy) is 1. The van der Waals surface area contributed by atoms with Crippen LogP contribution in [0.5, 0.6) is 5.75 Å². The van der Waals surface area contributed by atoms with Crippen LogP contribution >= 0.6 is 11.8 Å². The number of para-hydroxylation sites is 1. The Labute approximate surface area is 155 Å². The lowest BCUT2D eigenvalue weighted by Gasteiger charge is -2.11. The molecule has 0 radical (unpaired) electrons. The molecule has 0 fully saturated rings. The molecule has 0 saturated carbocycles. The first-order valence-electron chi connectivity index (χ1n) is 8.04. The number of thioether (sulfide) groups is 1. The van der Waals surface area contributed by atoms with Gasteiger partial charge >= 0.3 is 0 Å². The van der Waals surface area contributed by atoms with Crippen molar-refractivity contribution in [3.8, 4) is 11.4 Å². The third-order valence-corrected chi connectivity index (χ3v) is 4.66. The highest BCUT2D eigenvalue weighted by Crippen LogP contribution is 2.24. The van der Waals surface area contributed by atoms with E-state index in [0.29, 0.717) is 18.1 Å². The van der Waals surface area contributed by atoms with E-state index in [0.717, 1.165) is 22.2 Å². The maximum Gasteiger partial charge on any atom is 0.273 e. The molecule has 1 aromatic heterocycles. The second kappa shape index (κ2) is 8.01. The molecule has 0 bridgehead atoms. The second-order valence-corrected chi connectivity index (χ2v) is 6.67. The molecule has 2 aromatic carbocycles. The first kappa shape index (κ1) is 17.9. The summed E-state index contributed by atoms with van der Waals surface area (Å²) in [6.45, 7) is 4.38. The predicted molar refractivity (Wildman–Crippen MR) is 100 cm³/mol. The topological polar surface area (TPSA) is 83.1 Å². The molecular weight excluding hydrogens is 352 g/mol. The minimum Gasteiger partial charge on any atom is -0.492 e. The molecule has 0 aliphatic rings. The standard InChI is InChI=1S/C18H18N4O3S/c1-13-6-3-4-9-17(13)21-14(2)19-20-18(21)26-11-10-25-16-8-5-7-15(12-16)22(23)24/h3-9,12H,10-11H2,1-2H3. The number of non-ortho nitro benzene ring substituents is 1. The Morgan fingerprint density at radius 3 is 2.73 bits per heavy atom. The zero-order chi connectivity index (χ0) is 18.5. The number of aryl methyl sites for hydroxylation is 2. The summed E-state index contributed by atoms with van der Waals surface area (Å²) in [5.74, 6) is 1.95. The maximum atomic E-state index is 10.8. The molecular formula is C18H18N4O3S. The van der Waals surface area contributed by atoms with Crippen LogP contribution in [0.1, 0.15) is 11.4 Å². The molecule has 26 heavy (non-hydrogen) atoms. The highest BCUT2D eigenvalue weighted by molar-refractivity contribution is 7.99. The maximum absolute atomic E-state index is 10.8. The quantitative estimate of drug-likeness (QED) is 0.271. The Hall–Kier alpha value is -2.87. The predicted octanol–water partition coefficient (Wildman–Crippen LogP) is 3.96. The minimum atomic E-state index is -0.435. The number of nitro benzene ring substituents is 1. The Kier molecular flexibility index (Phi) is 5.52. The fourth-order valence-corrected chi connectivity index (χ4v) is 3.31. The summed E-state index contributed by atoms with van der Waals surface area (Å²) in [5.41, 5.74) is 2.22. The van der Waals surface area contributed by atoms with E-state index >= 15 is 0 Å². The van der Waals surface area contributed by atoms with Crippen molar-refractivity contribution in [2.75, 3.05) is 12.4 Å². The van der Waals surface area contributed by atoms with Crippen molar-refractivity contribution in [1.29, 1.82) is 0 Å². The van der Waals surface area contributed by atoms with Crippen molar-refractivity contribution < 1.29 is 9.66 Å². The average Bonchev–Trinajstić information content (AvgIpc) is 3.00. The van der Waals surface area contributed by atoms with E-state index in [1.807, 2.05) is 29.7 Å². The smallest absolute Gasteiger partial charge is 0.273 e. The van der Waals surface area contributed by atoms with Crippen molar-refractivity contribution >= 4 is 17.4 Å². The van der Waals surface area contributed by atoms with Crippen LogP contribution in [0.4, 0.5) is 5.69 Å². The van der Waals surface area contributed by atoms with Gasteiger partial charge in [-0.1, -0.05) is 36.0 Å². The van der Waals surface area contributed by atoms with Gasteiger partial charge in [0.15, 0.2) is 5.16 Å². The molecule has 0 spiro atoms. The van der Waals surface area contributed by atoms with Crippen molar-refractivity contribution in [1.82, 2.24) is 14.8 Å². The van der Waals surface area contributed by atoms with Gasteiger partial charge in [-0.3, -0.25) is 14.7 Å². The van der Waals surface area contributed by atoms with E-state index in [1.165, 1.54) is 23.9 Å². The van der Waals surface area contributed by atoms with E-state index in [9.17, 15) is 10.1 Å². The summed E-state index contributed by atoms with van der Waals surface area (Å²) in [7, 11) is 0. The van der Waals surface area contributed by atoms with Crippen LogP contribution in [0.2, 0.25) is 0 Å². The SMILES string of the molecule is Cc1ccccc1-n1c(C)nnc1SCCOc1cccc([N+](=O)[O-])c1. The largest absolute Gasteiger partial charge is 0.492 e. The molecule has 0 saturated heterocycles. The Morgan fingerprint density at radius 2 is 1.96 bits per heavy atom. The monoisotopic (exact) mass is 370 g/mol. The van der Waals surface area contributed by atoms with Gasteiger partial charge in [-0.25, -0.2) is 0 Å². The molecule has 3 aromatic rings. The molecule has 7 nitrogen and oxygen atoms in total. The van der Waals surface area contributed by atoms with E-state index in [-0.39, 0.29) is 5.69 Å². The number of nitro groups is 1. The molecule has 0 N–H and O–H groups in total. The zero-order valence-corrected chi connectivity index (χ0v) is 15.3. The molecule has 3 rings (SSSR count). The first-order chi connectivity index (χ1) is 12.6. The van der Waals surface area contributed by atoms with Crippen LogP contribution in [-0.2, 0) is 0 Å². The number of nitrogens with zero attached hydrogens (tertiary/aromatic N) is 4. The van der Waals surface area contributed by atoms with Crippen molar-refractivity contribution in [3.05, 3.63) is 70.0 Å². The summed E-state index contributed by atoms with van der Waals surface area (Å²) in [4.78, 5) is 10.4. The van der Waals surface area contributed by atoms with Crippen LogP contribution in [0.25, 0.3) is 5.69 Å². The zero-order valence-electron chi connectivity index (χ0n) is 14.5. The number of hydrogen-bond acceptors (Lipinski definition) is 6. The van der Waals surface area contributed by atoms with Gasteiger partial charge in [0.1, 0.15) is 11.6 Å². The van der Waals surface area contributed by atoms with Crippen LogP contribution in [0.3, 0.4) is 0 Å². The third kappa shape index (κ3) is 4.02. The van der Waals surface area contributed by atoms with Gasteiger partial charge in [0.25, 0.3) is 5.69 Å². The third-order valence-electron chi connectivity index (χ3n) is 3.76. The fraction of sp³-hybridized carbons (Fsp3) is 0.222. The lowest BCUT2D eigenvalue weighted by molar-refractivity contribution is -0.384. The van der Waals surface area contributed by atoms with E-state index in [4.69, 9.17) is 4.74 Å². The van der Waals surface area contributed by atoms with Gasteiger partial charge < -0.3 is 4.74 Å². The molecule has 0 amide bonds. The molecule has 1 heterocycles. The summed E-state index contributed by atoms with van der Waals surface area (Å²) in [6.07, 6.45) is 0. The normalized spacial score (nSPS) is 10.7. The second-order valence-electron chi connectivity index (χ2n) is 5.60. The van der Waals surface area contributed by atoms with Crippen LogP contribution < -0.4 is 4.74 Å². The van der Waals surface area contributed by atoms with Gasteiger partial charge in [-0.2, -0.15) is 0 Å². The van der Waals surface area contributed by atoms with E-state index in [1.54, 1.807) is 12.1 Å². The fourth-order valence-electron chi connectivity index (χ4n) is 2.51. The number of benzene rings is 2. The van der Waals surface area contributed by atoms with Crippen molar-refractivity contribution in [2.24, 2.45) is 0 Å². The first-order valence-corrected chi connectivity index (χ1v) is 9.03. The molecule has 0 unspecified atom stereocenters. The van der Waals surface area contributed by atoms with Gasteiger partial charge in [0.2, 0.25) is 0 Å². The minimum absolute atomic E-state index is 0.0186. The van der Waals surface area contributed by atoms with Crippen LogP contribution in [0.15, 0.2) is 53.7 Å². The van der Waals surface area contributed by atoms with Crippen LogP contribution in [-0.4, -0.2) is 32.0 Å². The molecule has 8 heteroatoms. The van der Waals surface area contributed by atoms with E-state index in [2.05, 4.69) is 23.2 Å². The summed E-state index contributed by atoms with van der Waals surface area (Å²) < 4.78 is 7.63. The summed E-state index contributed by atoms with van der Waals surface area (Å²) in [5, 5.41) is 20.0. The number of aromatic nitrogens is 3. The summed E-state index contributed by atoms with van der Waals surface area (Å²) in [6, 6.07) is 14.2. The van der Waals surface area contributed by atoms with Crippen molar-refractivity contribution in [2.45, 2.75) is 19.0 Å². The molecule has 0 aliphatic heterocycles. The lowest BCUT2D eigenvalue weighted by Crippen LogP contribution is -2.04. The highest BCUT2D eigenvalue weighted by atomic mass is 32.2. The number of rotatable bonds is 7. The van der Waals surface area contributed by atoms with Crippen LogP contribution in [0, 0.1) is 24.0 Å². The van der Waals surface area contributed by atoms with Gasteiger partial charge in [0.05, 0.1) is 23.3 Å².